The lowest BCUT2D eigenvalue weighted by Gasteiger charge is -2.63. The van der Waals surface area contributed by atoms with Gasteiger partial charge in [0.25, 0.3) is 5.91 Å². The van der Waals surface area contributed by atoms with Gasteiger partial charge in [-0.05, 0) is 79.8 Å². The minimum absolute atomic E-state index is 0.166. The zero-order valence-electron chi connectivity index (χ0n) is 40.9. The van der Waals surface area contributed by atoms with Crippen molar-refractivity contribution in [1.29, 1.82) is 5.26 Å². The van der Waals surface area contributed by atoms with Gasteiger partial charge in [-0.25, -0.2) is 0 Å². The average molecular weight is 958 g/mol. The van der Waals surface area contributed by atoms with Crippen LogP contribution in [-0.4, -0.2) is 118 Å². The monoisotopic (exact) mass is 956 g/mol. The first kappa shape index (κ1) is 52.1. The molecule has 3 aliphatic rings. The average Bonchev–Trinajstić information content (AvgIpc) is 3.94. The van der Waals surface area contributed by atoms with E-state index >= 15 is 0 Å². The number of halogens is 1. The van der Waals surface area contributed by atoms with Crippen LogP contribution in [0, 0.1) is 27.6 Å². The largest absolute Gasteiger partial charge is 0.491 e. The number of amides is 4. The van der Waals surface area contributed by atoms with Crippen LogP contribution in [0.15, 0.2) is 66.7 Å². The first-order valence-corrected chi connectivity index (χ1v) is 24.0. The molecule has 0 bridgehead atoms. The van der Waals surface area contributed by atoms with Crippen LogP contribution < -0.4 is 30.7 Å². The Balaban J connectivity index is 0.885. The van der Waals surface area contributed by atoms with E-state index in [0.717, 1.165) is 11.1 Å². The highest BCUT2D eigenvalue weighted by atomic mass is 35.5. The van der Waals surface area contributed by atoms with Crippen molar-refractivity contribution in [2.75, 3.05) is 53.2 Å². The highest BCUT2D eigenvalue weighted by Crippen LogP contribution is 2.55. The molecule has 3 aromatic carbocycles. The van der Waals surface area contributed by atoms with Gasteiger partial charge in [0, 0.05) is 41.5 Å². The van der Waals surface area contributed by atoms with Gasteiger partial charge in [0.15, 0.2) is 0 Å². The van der Waals surface area contributed by atoms with E-state index in [1.54, 1.807) is 61.3 Å². The number of benzene rings is 3. The van der Waals surface area contributed by atoms with Gasteiger partial charge in [0.2, 0.25) is 17.7 Å². The number of nitrogens with zero attached hydrogens (tertiary/aromatic N) is 2. The Kier molecular flexibility index (Phi) is 17.2. The molecule has 15 nitrogen and oxygen atoms in total. The number of likely N-dealkylation sites (N-methyl/N-ethyl adjacent to an activating group) is 1. The van der Waals surface area contributed by atoms with E-state index in [0.29, 0.717) is 93.1 Å². The van der Waals surface area contributed by atoms with E-state index in [9.17, 15) is 24.4 Å². The summed E-state index contributed by atoms with van der Waals surface area (Å²) in [6.45, 7) is 18.2. The predicted octanol–water partition coefficient (Wildman–Crippen LogP) is 6.16. The van der Waals surface area contributed by atoms with Crippen molar-refractivity contribution in [2.24, 2.45) is 16.2 Å². The molecule has 1 heterocycles. The molecular weight excluding hydrogens is 888 g/mol. The Morgan fingerprint density at radius 1 is 0.882 bits per heavy atom. The molecule has 2 fully saturated rings. The Morgan fingerprint density at radius 3 is 2.18 bits per heavy atom. The summed E-state index contributed by atoms with van der Waals surface area (Å²) in [5.41, 5.74) is 1.65. The summed E-state index contributed by atoms with van der Waals surface area (Å²) in [7, 11) is 1.69. The second-order valence-corrected chi connectivity index (χ2v) is 20.6. The molecule has 1 unspecified atom stereocenters. The van der Waals surface area contributed by atoms with Crippen molar-refractivity contribution in [3.63, 3.8) is 0 Å². The second-order valence-electron chi connectivity index (χ2n) is 20.2. The van der Waals surface area contributed by atoms with Gasteiger partial charge in [0.05, 0.1) is 61.8 Å². The minimum atomic E-state index is -0.797. The number of carbonyl (C=O) groups is 4. The summed E-state index contributed by atoms with van der Waals surface area (Å²) in [4.78, 5) is 55.8. The maximum absolute atomic E-state index is 14.0. The second kappa shape index (κ2) is 22.5. The van der Waals surface area contributed by atoms with E-state index in [1.807, 2.05) is 45.0 Å². The van der Waals surface area contributed by atoms with Crippen LogP contribution in [0.2, 0.25) is 5.02 Å². The fourth-order valence-corrected chi connectivity index (χ4v) is 10.2. The molecule has 68 heavy (non-hydrogen) atoms. The molecule has 368 valence electrons. The van der Waals surface area contributed by atoms with Gasteiger partial charge in [0.1, 0.15) is 42.4 Å². The van der Waals surface area contributed by atoms with Crippen molar-refractivity contribution < 1.29 is 42.9 Å². The molecule has 0 aromatic heterocycles. The molecule has 1 saturated heterocycles. The van der Waals surface area contributed by atoms with Gasteiger partial charge in [-0.2, -0.15) is 5.26 Å². The van der Waals surface area contributed by atoms with E-state index < -0.39 is 29.6 Å². The van der Waals surface area contributed by atoms with Crippen molar-refractivity contribution in [2.45, 2.75) is 117 Å². The fourth-order valence-electron chi connectivity index (χ4n) is 9.96. The van der Waals surface area contributed by atoms with Gasteiger partial charge in [-0.1, -0.05) is 84.3 Å². The third-order valence-electron chi connectivity index (χ3n) is 13.5. The van der Waals surface area contributed by atoms with Crippen molar-refractivity contribution in [3.8, 4) is 17.6 Å². The third-order valence-corrected chi connectivity index (χ3v) is 13.8. The lowest BCUT2D eigenvalue weighted by atomic mass is 9.49. The lowest BCUT2D eigenvalue weighted by Crippen LogP contribution is -2.74. The van der Waals surface area contributed by atoms with Crippen LogP contribution >= 0.6 is 11.6 Å². The molecule has 3 aromatic rings. The van der Waals surface area contributed by atoms with Crippen LogP contribution in [0.3, 0.4) is 0 Å². The quantitative estimate of drug-likeness (QED) is 0.0895. The number of fused-ring (bicyclic) bond motifs is 1. The minimum Gasteiger partial charge on any atom is -0.491 e. The summed E-state index contributed by atoms with van der Waals surface area (Å²) < 4.78 is 30.0. The van der Waals surface area contributed by atoms with E-state index in [4.69, 9.17) is 35.3 Å². The van der Waals surface area contributed by atoms with E-state index in [1.165, 1.54) is 0 Å². The van der Waals surface area contributed by atoms with Gasteiger partial charge in [-0.3, -0.25) is 19.2 Å². The molecule has 1 aliphatic heterocycles. The van der Waals surface area contributed by atoms with Crippen molar-refractivity contribution >= 4 is 35.2 Å². The fraction of sp³-hybridized carbons (Fsp3) is 0.558. The molecule has 16 heteroatoms. The normalized spacial score (nSPS) is 22.2. The molecule has 6 rings (SSSR count). The molecule has 4 N–H and O–H groups in total. The first-order valence-electron chi connectivity index (χ1n) is 23.6. The number of nitrogens with one attached hydrogen (secondary N) is 4. The SMILES string of the molecule is CN[C@@H](C)C(=O)NC(C(=O)N1CCC[C@H]1C(=O)N[C@H]1c2ccccc2C[C@H]1OCCOCCOCCOc1ccc(C(=O)NC2C(C)(C)C(Oc3ccc(C#N)c(Cl)c3)C2(C)C)cc1)C(C)(C)C. The summed E-state index contributed by atoms with van der Waals surface area (Å²) in [6, 6.07) is 19.6. The number of rotatable bonds is 21. The van der Waals surface area contributed by atoms with Gasteiger partial charge in [-0.15, -0.1) is 0 Å². The summed E-state index contributed by atoms with van der Waals surface area (Å²) in [5, 5.41) is 21.8. The molecular formula is C52H69ClN6O9. The number of hydrogen-bond donors (Lipinski definition) is 4. The standard InChI is InChI=1S/C52H69ClN6O9/c1-32(55-9)44(60)57-43(50(2,3)4)47(63)59-22-12-15-40(59)46(62)56-42-38-14-11-10-13-34(38)29-41(42)67-28-26-65-24-23-64-25-27-66-36-19-16-33(17-20-36)45(61)58-48-51(5,6)49(52(48,7)8)68-37-21-18-35(31-54)39(53)30-37/h10-11,13-14,16-21,30,32,40-43,48-49,55H,12,15,22-29H2,1-9H3,(H,56,62)(H,57,60)(H,58,61)/t32-,40-,41+,42-,43?,48?,49?/m0/s1. The molecule has 5 atom stereocenters. The summed E-state index contributed by atoms with van der Waals surface area (Å²) in [6.07, 6.45) is 1.32. The zero-order valence-corrected chi connectivity index (χ0v) is 41.7. The number of carbonyl (C=O) groups excluding carboxylic acids is 4. The van der Waals surface area contributed by atoms with Crippen molar-refractivity contribution in [1.82, 2.24) is 26.2 Å². The number of hydrogen-bond acceptors (Lipinski definition) is 11. The Morgan fingerprint density at radius 2 is 1.53 bits per heavy atom. The predicted molar refractivity (Wildman–Crippen MR) is 258 cm³/mol. The summed E-state index contributed by atoms with van der Waals surface area (Å²) in [5.74, 6) is 0.232. The van der Waals surface area contributed by atoms with Gasteiger partial charge >= 0.3 is 0 Å². The lowest BCUT2D eigenvalue weighted by molar-refractivity contribution is -0.164. The zero-order chi connectivity index (χ0) is 49.4. The molecule has 4 amide bonds. The number of likely N-dealkylation sites (tertiary alicyclic amines) is 1. The Labute approximate surface area is 406 Å². The number of ether oxygens (including phenoxy) is 5. The van der Waals surface area contributed by atoms with Crippen LogP contribution in [0.25, 0.3) is 0 Å². The van der Waals surface area contributed by atoms with Crippen molar-refractivity contribution in [3.05, 3.63) is 94.0 Å². The highest BCUT2D eigenvalue weighted by Gasteiger charge is 2.64. The van der Waals surface area contributed by atoms with E-state index in [2.05, 4.69) is 55.0 Å². The van der Waals surface area contributed by atoms with E-state index in [-0.39, 0.29) is 52.7 Å². The first-order chi connectivity index (χ1) is 32.3. The van der Waals surface area contributed by atoms with Crippen LogP contribution in [0.1, 0.15) is 101 Å². The maximum atomic E-state index is 14.0. The molecule has 0 spiro atoms. The highest BCUT2D eigenvalue weighted by molar-refractivity contribution is 6.31. The summed E-state index contributed by atoms with van der Waals surface area (Å²) >= 11 is 6.24. The van der Waals surface area contributed by atoms with Crippen LogP contribution in [-0.2, 0) is 35.0 Å². The van der Waals surface area contributed by atoms with Gasteiger partial charge < -0.3 is 49.9 Å². The molecule has 0 radical (unpaired) electrons. The third kappa shape index (κ3) is 12.1. The smallest absolute Gasteiger partial charge is 0.251 e. The Hall–Kier alpha value is -5.24. The molecule has 1 saturated carbocycles. The maximum Gasteiger partial charge on any atom is 0.251 e. The van der Waals surface area contributed by atoms with Crippen LogP contribution in [0.5, 0.6) is 11.5 Å². The molecule has 2 aliphatic carbocycles. The Bertz CT molecular complexity index is 2280. The topological polar surface area (TPSA) is 190 Å². The number of nitriles is 1. The van der Waals surface area contributed by atoms with Crippen LogP contribution in [0.4, 0.5) is 0 Å².